The van der Waals surface area contributed by atoms with Crippen molar-refractivity contribution in [3.8, 4) is 45.6 Å². The third-order valence-corrected chi connectivity index (χ3v) is 8.52. The van der Waals surface area contributed by atoms with Gasteiger partial charge in [0.15, 0.2) is 0 Å². The van der Waals surface area contributed by atoms with E-state index >= 15 is 0 Å². The number of phenolic OH excluding ortho intramolecular Hbond substituents is 4. The summed E-state index contributed by atoms with van der Waals surface area (Å²) in [5.74, 6) is -4.83. The molecule has 0 unspecified atom stereocenters. The molecule has 0 aromatic heterocycles. The number of carbonyl (C=O) groups is 4. The third-order valence-electron chi connectivity index (χ3n) is 8.52. The monoisotopic (exact) mass is 646 g/mol. The fraction of sp³-hybridized carbons (Fsp3) is 0.294. The molecular weight excluding hydrogens is 616 g/mol. The van der Waals surface area contributed by atoms with E-state index in [1.54, 1.807) is 12.1 Å². The molecule has 2 aliphatic heterocycles. The number of cyclic esters (lactones) is 2. The SMILES string of the molecule is COC(=O)C[C@@H]1Cc2cc3cc(OC)c(-c4c(OC)cc5cc6c(c(O)c5c4O)C(=O)O[C@@H](CC(C)=O)C6)c(O)c3c(O)c2C(=O)O1. The summed E-state index contributed by atoms with van der Waals surface area (Å²) in [5, 5.41) is 46.4. The molecule has 0 radical (unpaired) electrons. The molecule has 13 nitrogen and oxygen atoms in total. The van der Waals surface area contributed by atoms with Crippen molar-refractivity contribution in [1.82, 2.24) is 0 Å². The lowest BCUT2D eigenvalue weighted by Gasteiger charge is -2.27. The molecular formula is C34H30O13. The third kappa shape index (κ3) is 5.03. The zero-order valence-corrected chi connectivity index (χ0v) is 25.8. The number of Topliss-reactive ketones (excluding diaryl/α,β-unsaturated/α-hetero) is 1. The largest absolute Gasteiger partial charge is 0.506 e. The van der Waals surface area contributed by atoms with E-state index in [9.17, 15) is 39.6 Å². The van der Waals surface area contributed by atoms with Crippen LogP contribution >= 0.6 is 0 Å². The molecule has 2 heterocycles. The Morgan fingerprint density at radius 1 is 0.681 bits per heavy atom. The minimum atomic E-state index is -0.908. The number of rotatable bonds is 7. The lowest BCUT2D eigenvalue weighted by molar-refractivity contribution is -0.143. The highest BCUT2D eigenvalue weighted by molar-refractivity contribution is 6.13. The summed E-state index contributed by atoms with van der Waals surface area (Å²) in [6.07, 6.45) is -1.49. The smallest absolute Gasteiger partial charge is 0.342 e. The van der Waals surface area contributed by atoms with Gasteiger partial charge in [0.25, 0.3) is 0 Å². The number of aromatic hydroxyl groups is 4. The highest BCUT2D eigenvalue weighted by Crippen LogP contribution is 2.56. The van der Waals surface area contributed by atoms with Crippen molar-refractivity contribution in [2.45, 2.75) is 44.8 Å². The number of carbonyl (C=O) groups excluding carboxylic acids is 4. The average Bonchev–Trinajstić information content (AvgIpc) is 3.00. The van der Waals surface area contributed by atoms with Gasteiger partial charge in [0.05, 0.1) is 49.6 Å². The molecule has 2 atom stereocenters. The van der Waals surface area contributed by atoms with E-state index in [0.717, 1.165) is 0 Å². The number of phenols is 4. The predicted molar refractivity (Wildman–Crippen MR) is 164 cm³/mol. The first-order valence-corrected chi connectivity index (χ1v) is 14.5. The van der Waals surface area contributed by atoms with Crippen LogP contribution in [0, 0.1) is 0 Å². The number of hydrogen-bond acceptors (Lipinski definition) is 13. The number of ketones is 1. The van der Waals surface area contributed by atoms with E-state index in [1.807, 2.05) is 0 Å². The fourth-order valence-corrected chi connectivity index (χ4v) is 6.52. The normalized spacial score (nSPS) is 17.0. The van der Waals surface area contributed by atoms with E-state index in [-0.39, 0.29) is 86.8 Å². The molecule has 2 aliphatic rings. The summed E-state index contributed by atoms with van der Waals surface area (Å²) in [7, 11) is 3.85. The van der Waals surface area contributed by atoms with E-state index in [4.69, 9.17) is 18.9 Å². The van der Waals surface area contributed by atoms with Gasteiger partial charge in [-0.2, -0.15) is 0 Å². The Morgan fingerprint density at radius 3 is 1.47 bits per heavy atom. The molecule has 0 amide bonds. The Labute approximate surface area is 266 Å². The number of ether oxygens (including phenoxy) is 5. The summed E-state index contributed by atoms with van der Waals surface area (Å²) in [6.45, 7) is 1.38. The van der Waals surface area contributed by atoms with Crippen molar-refractivity contribution < 1.29 is 63.3 Å². The average molecular weight is 647 g/mol. The van der Waals surface area contributed by atoms with E-state index < -0.39 is 53.1 Å². The van der Waals surface area contributed by atoms with Crippen LogP contribution in [0.1, 0.15) is 51.6 Å². The highest BCUT2D eigenvalue weighted by Gasteiger charge is 2.36. The summed E-state index contributed by atoms with van der Waals surface area (Å²) in [6, 6.07) is 6.10. The standard InChI is InChI=1S/C34H30O13/c1-13(35)5-18-8-14-6-16-10-20(43-2)27(31(39)23(16)29(37)25(14)33(41)46-18)28-21(44-3)11-17-7-15-9-19(12-22(36)45-4)47-34(42)26(15)30(38)24(17)32(28)40/h6-7,10-11,18-19,37-40H,5,8-9,12H2,1-4H3/t18-,19-/m0/s1. The maximum atomic E-state index is 13.0. The zero-order valence-electron chi connectivity index (χ0n) is 25.8. The Balaban J connectivity index is 1.57. The van der Waals surface area contributed by atoms with Gasteiger partial charge in [-0.05, 0) is 53.1 Å². The van der Waals surface area contributed by atoms with Crippen molar-refractivity contribution in [3.63, 3.8) is 0 Å². The molecule has 13 heteroatoms. The minimum Gasteiger partial charge on any atom is -0.506 e. The maximum Gasteiger partial charge on any atom is 0.342 e. The topological polar surface area (TPSA) is 195 Å². The van der Waals surface area contributed by atoms with Crippen molar-refractivity contribution in [2.24, 2.45) is 0 Å². The molecule has 0 aliphatic carbocycles. The van der Waals surface area contributed by atoms with Gasteiger partial charge in [-0.3, -0.25) is 9.59 Å². The van der Waals surface area contributed by atoms with E-state index in [2.05, 4.69) is 4.74 Å². The van der Waals surface area contributed by atoms with Crippen LogP contribution in [-0.4, -0.2) is 77.7 Å². The predicted octanol–water partition coefficient (Wildman–Crippen LogP) is 4.20. The van der Waals surface area contributed by atoms with E-state index in [1.165, 1.54) is 40.4 Å². The number of hydrogen-bond donors (Lipinski definition) is 4. The van der Waals surface area contributed by atoms with Gasteiger partial charge in [0, 0.05) is 19.3 Å². The van der Waals surface area contributed by atoms with Crippen LogP contribution in [0.2, 0.25) is 0 Å². The first-order chi connectivity index (χ1) is 22.4. The maximum absolute atomic E-state index is 13.0. The van der Waals surface area contributed by atoms with Gasteiger partial charge in [0.2, 0.25) is 0 Å². The van der Waals surface area contributed by atoms with Crippen molar-refractivity contribution in [3.05, 3.63) is 46.5 Å². The summed E-state index contributed by atoms with van der Waals surface area (Å²) in [5.41, 5.74) is 0.0987. The van der Waals surface area contributed by atoms with Crippen molar-refractivity contribution in [2.75, 3.05) is 21.3 Å². The number of fused-ring (bicyclic) bond motifs is 4. The van der Waals surface area contributed by atoms with Gasteiger partial charge in [-0.15, -0.1) is 0 Å². The molecule has 0 saturated heterocycles. The van der Waals surface area contributed by atoms with Crippen molar-refractivity contribution >= 4 is 45.2 Å². The van der Waals surface area contributed by atoms with Crippen LogP contribution in [0.3, 0.4) is 0 Å². The Hall–Kier alpha value is -5.72. The first-order valence-electron chi connectivity index (χ1n) is 14.5. The van der Waals surface area contributed by atoms with Gasteiger partial charge in [0.1, 0.15) is 63.6 Å². The second-order valence-corrected chi connectivity index (χ2v) is 11.5. The van der Waals surface area contributed by atoms with Gasteiger partial charge >= 0.3 is 17.9 Å². The van der Waals surface area contributed by atoms with Crippen LogP contribution in [0.25, 0.3) is 32.7 Å². The number of esters is 3. The Bertz CT molecular complexity index is 2040. The molecule has 0 spiro atoms. The molecule has 0 bridgehead atoms. The van der Waals surface area contributed by atoms with Crippen molar-refractivity contribution in [1.29, 1.82) is 0 Å². The van der Waals surface area contributed by atoms with Gasteiger partial charge in [-0.1, -0.05) is 0 Å². The first kappa shape index (κ1) is 31.3. The Kier molecular flexibility index (Phi) is 7.70. The molecule has 6 rings (SSSR count). The van der Waals surface area contributed by atoms with Crippen LogP contribution in [-0.2, 0) is 36.6 Å². The summed E-state index contributed by atoms with van der Waals surface area (Å²) < 4.78 is 26.6. The van der Waals surface area contributed by atoms with Crippen LogP contribution in [0.4, 0.5) is 0 Å². The van der Waals surface area contributed by atoms with Crippen LogP contribution in [0.5, 0.6) is 34.5 Å². The molecule has 4 N–H and O–H groups in total. The van der Waals surface area contributed by atoms with Gasteiger partial charge < -0.3 is 44.1 Å². The lowest BCUT2D eigenvalue weighted by atomic mass is 9.87. The molecule has 4 aromatic carbocycles. The minimum absolute atomic E-state index is 0.000368. The van der Waals surface area contributed by atoms with Crippen LogP contribution in [0.15, 0.2) is 24.3 Å². The quantitative estimate of drug-likeness (QED) is 0.165. The highest BCUT2D eigenvalue weighted by atomic mass is 16.6. The lowest BCUT2D eigenvalue weighted by Crippen LogP contribution is -2.30. The molecule has 0 saturated carbocycles. The van der Waals surface area contributed by atoms with E-state index in [0.29, 0.717) is 11.1 Å². The number of methoxy groups -OCH3 is 3. The summed E-state index contributed by atoms with van der Waals surface area (Å²) in [4.78, 5) is 49.4. The van der Waals surface area contributed by atoms with Gasteiger partial charge in [-0.25, -0.2) is 9.59 Å². The Morgan fingerprint density at radius 2 is 1.09 bits per heavy atom. The zero-order chi connectivity index (χ0) is 33.9. The van der Waals surface area contributed by atoms with Crippen LogP contribution < -0.4 is 9.47 Å². The molecule has 0 fully saturated rings. The molecule has 244 valence electrons. The fourth-order valence-electron chi connectivity index (χ4n) is 6.52. The molecule has 47 heavy (non-hydrogen) atoms. The summed E-state index contributed by atoms with van der Waals surface area (Å²) >= 11 is 0. The molecule has 4 aromatic rings. The second-order valence-electron chi connectivity index (χ2n) is 11.5. The second kappa shape index (κ2) is 11.6. The number of benzene rings is 4.